The number of ether oxygens (including phenoxy) is 1. The lowest BCUT2D eigenvalue weighted by Gasteiger charge is -2.35. The van der Waals surface area contributed by atoms with Crippen LogP contribution in [0.4, 0.5) is 0 Å². The van der Waals surface area contributed by atoms with Crippen molar-refractivity contribution in [3.8, 4) is 6.07 Å². The van der Waals surface area contributed by atoms with Gasteiger partial charge in [-0.15, -0.1) is 0 Å². The Labute approximate surface area is 113 Å². The first-order chi connectivity index (χ1) is 9.01. The topological polar surface area (TPSA) is 79.2 Å². The molecule has 0 aromatic carbocycles. The molecule has 1 N–H and O–H groups in total. The minimum absolute atomic E-state index is 0.175. The van der Waals surface area contributed by atoms with Crippen LogP contribution in [0.25, 0.3) is 0 Å². The first-order valence-corrected chi connectivity index (χ1v) is 6.82. The van der Waals surface area contributed by atoms with Crippen molar-refractivity contribution >= 4 is 11.9 Å². The van der Waals surface area contributed by atoms with Gasteiger partial charge in [-0.1, -0.05) is 13.3 Å². The van der Waals surface area contributed by atoms with E-state index in [9.17, 15) is 14.9 Å². The summed E-state index contributed by atoms with van der Waals surface area (Å²) < 4.78 is 4.63. The molecule has 4 atom stereocenters. The molecule has 0 radical (unpaired) electrons. The van der Waals surface area contributed by atoms with Gasteiger partial charge in [-0.05, 0) is 31.6 Å². The fourth-order valence-electron chi connectivity index (χ4n) is 3.02. The predicted molar refractivity (Wildman–Crippen MR) is 67.7 cm³/mol. The fraction of sp³-hybridized carbons (Fsp3) is 0.786. The standard InChI is InChI=1S/C14H20N2O3/c1-9-4-3-5-14(7-9,8-15)16-12(17)10-6-11(10)13(18)19-2/h9-11H,3-7H2,1-2H3,(H,16,17)/t9-,10+,11-,14+/m1/s1. The van der Waals surface area contributed by atoms with Crippen LogP contribution in [0.5, 0.6) is 0 Å². The van der Waals surface area contributed by atoms with Crippen LogP contribution in [0, 0.1) is 29.1 Å². The molecule has 0 aromatic rings. The fourth-order valence-corrected chi connectivity index (χ4v) is 3.02. The molecule has 2 aliphatic carbocycles. The summed E-state index contributed by atoms with van der Waals surface area (Å²) in [5.41, 5.74) is -0.738. The van der Waals surface area contributed by atoms with Gasteiger partial charge in [-0.2, -0.15) is 5.26 Å². The summed E-state index contributed by atoms with van der Waals surface area (Å²) in [4.78, 5) is 23.4. The largest absolute Gasteiger partial charge is 0.469 e. The highest BCUT2D eigenvalue weighted by molar-refractivity contribution is 5.90. The van der Waals surface area contributed by atoms with Crippen LogP contribution in [0.2, 0.25) is 0 Å². The van der Waals surface area contributed by atoms with E-state index >= 15 is 0 Å². The van der Waals surface area contributed by atoms with Gasteiger partial charge in [0.25, 0.3) is 0 Å². The van der Waals surface area contributed by atoms with Crippen molar-refractivity contribution in [3.63, 3.8) is 0 Å². The minimum Gasteiger partial charge on any atom is -0.469 e. The van der Waals surface area contributed by atoms with Gasteiger partial charge in [0.1, 0.15) is 5.54 Å². The van der Waals surface area contributed by atoms with Crippen molar-refractivity contribution in [2.45, 2.75) is 44.6 Å². The lowest BCUT2D eigenvalue weighted by molar-refractivity contribution is -0.143. The Bertz CT molecular complexity index is 429. The molecular weight excluding hydrogens is 244 g/mol. The van der Waals surface area contributed by atoms with Gasteiger partial charge in [0.2, 0.25) is 5.91 Å². The number of carbonyl (C=O) groups excluding carboxylic acids is 2. The lowest BCUT2D eigenvalue weighted by atomic mass is 9.77. The van der Waals surface area contributed by atoms with E-state index in [0.29, 0.717) is 25.2 Å². The second-order valence-electron chi connectivity index (χ2n) is 5.86. The molecule has 0 bridgehead atoms. The molecule has 5 heteroatoms. The van der Waals surface area contributed by atoms with Crippen molar-refractivity contribution < 1.29 is 14.3 Å². The van der Waals surface area contributed by atoms with Crippen LogP contribution in [-0.4, -0.2) is 24.5 Å². The zero-order chi connectivity index (χ0) is 14.0. The van der Waals surface area contributed by atoms with Gasteiger partial charge in [0, 0.05) is 0 Å². The maximum Gasteiger partial charge on any atom is 0.309 e. The third kappa shape index (κ3) is 2.89. The number of nitriles is 1. The molecule has 0 unspecified atom stereocenters. The zero-order valence-electron chi connectivity index (χ0n) is 11.4. The van der Waals surface area contributed by atoms with Crippen LogP contribution in [-0.2, 0) is 14.3 Å². The monoisotopic (exact) mass is 264 g/mol. The summed E-state index contributed by atoms with van der Waals surface area (Å²) >= 11 is 0. The highest BCUT2D eigenvalue weighted by atomic mass is 16.5. The van der Waals surface area contributed by atoms with Crippen molar-refractivity contribution in [2.24, 2.45) is 17.8 Å². The van der Waals surface area contributed by atoms with Gasteiger partial charge in [-0.25, -0.2) is 0 Å². The van der Waals surface area contributed by atoms with E-state index in [-0.39, 0.29) is 23.7 Å². The number of amides is 1. The maximum atomic E-state index is 12.1. The number of carbonyl (C=O) groups is 2. The van der Waals surface area contributed by atoms with Crippen LogP contribution < -0.4 is 5.32 Å². The number of nitrogens with one attached hydrogen (secondary N) is 1. The Kier molecular flexibility index (Phi) is 3.79. The first-order valence-electron chi connectivity index (χ1n) is 6.82. The van der Waals surface area contributed by atoms with Crippen molar-refractivity contribution in [3.05, 3.63) is 0 Å². The molecule has 0 aromatic heterocycles. The predicted octanol–water partition coefficient (Wildman–Crippen LogP) is 1.38. The second-order valence-corrected chi connectivity index (χ2v) is 5.86. The lowest BCUT2D eigenvalue weighted by Crippen LogP contribution is -2.50. The van der Waals surface area contributed by atoms with Crippen LogP contribution >= 0.6 is 0 Å². The summed E-state index contributed by atoms with van der Waals surface area (Å²) in [5.74, 6) is -0.685. The molecule has 19 heavy (non-hydrogen) atoms. The van der Waals surface area contributed by atoms with E-state index in [4.69, 9.17) is 0 Å². The molecule has 1 amide bonds. The number of rotatable bonds is 3. The van der Waals surface area contributed by atoms with E-state index in [1.54, 1.807) is 0 Å². The molecule has 0 aliphatic heterocycles. The Hall–Kier alpha value is -1.57. The minimum atomic E-state index is -0.738. The van der Waals surface area contributed by atoms with Gasteiger partial charge < -0.3 is 10.1 Å². The summed E-state index contributed by atoms with van der Waals surface area (Å²) in [5, 5.41) is 12.3. The number of hydrogen-bond donors (Lipinski definition) is 1. The van der Waals surface area contributed by atoms with Crippen LogP contribution in [0.3, 0.4) is 0 Å². The Morgan fingerprint density at radius 1 is 1.42 bits per heavy atom. The Morgan fingerprint density at radius 2 is 2.16 bits per heavy atom. The van der Waals surface area contributed by atoms with Gasteiger partial charge in [0.05, 0.1) is 25.0 Å². The molecule has 104 valence electrons. The van der Waals surface area contributed by atoms with Gasteiger partial charge in [-0.3, -0.25) is 9.59 Å². The number of methoxy groups -OCH3 is 1. The average molecular weight is 264 g/mol. The molecule has 0 saturated heterocycles. The highest BCUT2D eigenvalue weighted by Crippen LogP contribution is 2.41. The molecular formula is C14H20N2O3. The molecule has 0 heterocycles. The highest BCUT2D eigenvalue weighted by Gasteiger charge is 2.51. The number of esters is 1. The third-order valence-corrected chi connectivity index (χ3v) is 4.21. The second kappa shape index (κ2) is 5.20. The first kappa shape index (κ1) is 13.9. The third-order valence-electron chi connectivity index (χ3n) is 4.21. The molecule has 2 saturated carbocycles. The van der Waals surface area contributed by atoms with E-state index in [1.165, 1.54) is 7.11 Å². The number of hydrogen-bond acceptors (Lipinski definition) is 4. The van der Waals surface area contributed by atoms with E-state index in [0.717, 1.165) is 12.8 Å². The van der Waals surface area contributed by atoms with Crippen molar-refractivity contribution in [2.75, 3.05) is 7.11 Å². The Balaban J connectivity index is 1.95. The van der Waals surface area contributed by atoms with Crippen LogP contribution in [0.15, 0.2) is 0 Å². The summed E-state index contributed by atoms with van der Waals surface area (Å²) in [7, 11) is 1.33. The smallest absolute Gasteiger partial charge is 0.309 e. The Morgan fingerprint density at radius 3 is 2.74 bits per heavy atom. The van der Waals surface area contributed by atoms with E-state index in [2.05, 4.69) is 23.0 Å². The summed E-state index contributed by atoms with van der Waals surface area (Å²) in [6, 6.07) is 2.27. The molecule has 2 rings (SSSR count). The number of nitrogens with zero attached hydrogens (tertiary/aromatic N) is 1. The van der Waals surface area contributed by atoms with Crippen LogP contribution in [0.1, 0.15) is 39.0 Å². The normalized spacial score (nSPS) is 37.0. The van der Waals surface area contributed by atoms with Crippen molar-refractivity contribution in [1.82, 2.24) is 5.32 Å². The summed E-state index contributed by atoms with van der Waals surface area (Å²) in [6.07, 6.45) is 4.00. The molecule has 5 nitrogen and oxygen atoms in total. The molecule has 2 aliphatic rings. The van der Waals surface area contributed by atoms with Gasteiger partial charge >= 0.3 is 5.97 Å². The molecule has 0 spiro atoms. The SMILES string of the molecule is COC(=O)[C@@H]1C[C@@H]1C(=O)N[C@@]1(C#N)CCC[C@@H](C)C1. The average Bonchev–Trinajstić information content (AvgIpc) is 3.18. The van der Waals surface area contributed by atoms with Crippen molar-refractivity contribution in [1.29, 1.82) is 5.26 Å². The quantitative estimate of drug-likeness (QED) is 0.781. The van der Waals surface area contributed by atoms with E-state index in [1.807, 2.05) is 0 Å². The zero-order valence-corrected chi connectivity index (χ0v) is 11.4. The molecule has 2 fully saturated rings. The maximum absolute atomic E-state index is 12.1. The van der Waals surface area contributed by atoms with E-state index < -0.39 is 5.54 Å². The summed E-state index contributed by atoms with van der Waals surface area (Å²) in [6.45, 7) is 2.10. The van der Waals surface area contributed by atoms with Gasteiger partial charge in [0.15, 0.2) is 0 Å².